The number of carbonyl (C=O) groups excluding carboxylic acids is 1. The average Bonchev–Trinajstić information content (AvgIpc) is 3.24. The van der Waals surface area contributed by atoms with Crippen molar-refractivity contribution < 1.29 is 9.53 Å². The molecule has 30 heavy (non-hydrogen) atoms. The second-order valence-corrected chi connectivity index (χ2v) is 7.84. The van der Waals surface area contributed by atoms with E-state index >= 15 is 0 Å². The number of aryl methyl sites for hydroxylation is 1. The summed E-state index contributed by atoms with van der Waals surface area (Å²) >= 11 is 0. The molecule has 2 heterocycles. The maximum atomic E-state index is 12.5. The topological polar surface area (TPSA) is 60.2 Å². The third-order valence-electron chi connectivity index (χ3n) is 5.58. The Morgan fingerprint density at radius 2 is 1.80 bits per heavy atom. The van der Waals surface area contributed by atoms with Crippen LogP contribution in [0.4, 0.5) is 0 Å². The van der Waals surface area contributed by atoms with Gasteiger partial charge in [0.15, 0.2) is 0 Å². The first kappa shape index (κ1) is 20.4. The van der Waals surface area contributed by atoms with E-state index in [0.29, 0.717) is 12.8 Å². The molecule has 156 valence electrons. The summed E-state index contributed by atoms with van der Waals surface area (Å²) < 4.78 is 7.19. The van der Waals surface area contributed by atoms with Crippen molar-refractivity contribution >= 4 is 5.78 Å². The van der Waals surface area contributed by atoms with E-state index in [4.69, 9.17) is 4.74 Å². The van der Waals surface area contributed by atoms with E-state index in [0.717, 1.165) is 67.3 Å². The number of rotatable bonds is 8. The minimum Gasteiger partial charge on any atom is -0.379 e. The Labute approximate surface area is 177 Å². The van der Waals surface area contributed by atoms with Gasteiger partial charge < -0.3 is 4.74 Å². The molecule has 0 aliphatic carbocycles. The van der Waals surface area contributed by atoms with E-state index in [-0.39, 0.29) is 5.78 Å². The molecule has 1 aliphatic rings. The number of aromatic nitrogens is 3. The van der Waals surface area contributed by atoms with Crippen LogP contribution in [0, 0.1) is 6.92 Å². The van der Waals surface area contributed by atoms with Gasteiger partial charge in [0.25, 0.3) is 0 Å². The van der Waals surface area contributed by atoms with E-state index in [1.165, 1.54) is 0 Å². The Balaban J connectivity index is 1.31. The van der Waals surface area contributed by atoms with E-state index in [1.54, 1.807) is 4.68 Å². The van der Waals surface area contributed by atoms with E-state index < -0.39 is 0 Å². The van der Waals surface area contributed by atoms with Crippen molar-refractivity contribution in [3.63, 3.8) is 0 Å². The SMILES string of the molecule is Cc1ccccc1CC(=O)Cc1ccc(-n2cc(CCN3CCOCC3)nn2)cc1. The summed E-state index contributed by atoms with van der Waals surface area (Å²) in [5.41, 5.74) is 5.22. The van der Waals surface area contributed by atoms with Crippen LogP contribution in [-0.2, 0) is 28.8 Å². The number of benzene rings is 2. The fraction of sp³-hybridized carbons (Fsp3) is 0.375. The lowest BCUT2D eigenvalue weighted by atomic mass is 9.99. The van der Waals surface area contributed by atoms with Crippen molar-refractivity contribution in [3.8, 4) is 5.69 Å². The van der Waals surface area contributed by atoms with Gasteiger partial charge in [-0.3, -0.25) is 9.69 Å². The van der Waals surface area contributed by atoms with Crippen LogP contribution in [0.5, 0.6) is 0 Å². The average molecular weight is 405 g/mol. The highest BCUT2D eigenvalue weighted by molar-refractivity contribution is 5.83. The van der Waals surface area contributed by atoms with Gasteiger partial charge in [-0.15, -0.1) is 5.10 Å². The Kier molecular flexibility index (Phi) is 6.67. The Morgan fingerprint density at radius 3 is 2.57 bits per heavy atom. The highest BCUT2D eigenvalue weighted by Gasteiger charge is 2.12. The zero-order valence-electron chi connectivity index (χ0n) is 17.5. The zero-order valence-corrected chi connectivity index (χ0v) is 17.5. The predicted octanol–water partition coefficient (Wildman–Crippen LogP) is 2.80. The molecule has 0 unspecified atom stereocenters. The maximum Gasteiger partial charge on any atom is 0.141 e. The van der Waals surface area contributed by atoms with Gasteiger partial charge in [-0.2, -0.15) is 0 Å². The molecule has 0 N–H and O–H groups in total. The summed E-state index contributed by atoms with van der Waals surface area (Å²) in [4.78, 5) is 14.8. The molecule has 1 saturated heterocycles. The van der Waals surface area contributed by atoms with Gasteiger partial charge in [0.05, 0.1) is 30.8 Å². The van der Waals surface area contributed by atoms with Crippen LogP contribution < -0.4 is 0 Å². The molecule has 1 aliphatic heterocycles. The summed E-state index contributed by atoms with van der Waals surface area (Å²) in [6.45, 7) is 6.62. The maximum absolute atomic E-state index is 12.5. The first-order valence-electron chi connectivity index (χ1n) is 10.5. The molecular formula is C24H28N4O2. The van der Waals surface area contributed by atoms with Gasteiger partial charge in [-0.1, -0.05) is 41.6 Å². The van der Waals surface area contributed by atoms with Gasteiger partial charge in [-0.25, -0.2) is 4.68 Å². The highest BCUT2D eigenvalue weighted by atomic mass is 16.5. The molecule has 4 rings (SSSR count). The minimum atomic E-state index is 0.225. The molecule has 0 saturated carbocycles. The molecule has 0 bridgehead atoms. The number of nitrogens with zero attached hydrogens (tertiary/aromatic N) is 4. The lowest BCUT2D eigenvalue weighted by Crippen LogP contribution is -2.37. The van der Waals surface area contributed by atoms with Crippen molar-refractivity contribution in [3.05, 3.63) is 77.1 Å². The highest BCUT2D eigenvalue weighted by Crippen LogP contribution is 2.13. The second-order valence-electron chi connectivity index (χ2n) is 7.84. The van der Waals surface area contributed by atoms with Crippen LogP contribution in [0.1, 0.15) is 22.4 Å². The lowest BCUT2D eigenvalue weighted by Gasteiger charge is -2.25. The van der Waals surface area contributed by atoms with Gasteiger partial charge >= 0.3 is 0 Å². The third-order valence-corrected chi connectivity index (χ3v) is 5.58. The van der Waals surface area contributed by atoms with E-state index in [2.05, 4.69) is 15.2 Å². The molecule has 1 aromatic heterocycles. The molecular weight excluding hydrogens is 376 g/mol. The summed E-state index contributed by atoms with van der Waals surface area (Å²) in [5.74, 6) is 0.225. The summed E-state index contributed by atoms with van der Waals surface area (Å²) in [7, 11) is 0. The molecule has 1 fully saturated rings. The van der Waals surface area contributed by atoms with E-state index in [9.17, 15) is 4.79 Å². The van der Waals surface area contributed by atoms with Crippen molar-refractivity contribution in [2.45, 2.75) is 26.2 Å². The monoisotopic (exact) mass is 404 g/mol. The smallest absolute Gasteiger partial charge is 0.141 e. The van der Waals surface area contributed by atoms with Crippen molar-refractivity contribution in [2.24, 2.45) is 0 Å². The molecule has 0 spiro atoms. The van der Waals surface area contributed by atoms with Gasteiger partial charge in [0.1, 0.15) is 5.78 Å². The zero-order chi connectivity index (χ0) is 20.8. The first-order chi connectivity index (χ1) is 14.7. The van der Waals surface area contributed by atoms with Crippen molar-refractivity contribution in [1.82, 2.24) is 19.9 Å². The number of ether oxygens (including phenoxy) is 1. The fourth-order valence-electron chi connectivity index (χ4n) is 3.71. The first-order valence-corrected chi connectivity index (χ1v) is 10.5. The van der Waals surface area contributed by atoms with Crippen molar-refractivity contribution in [1.29, 1.82) is 0 Å². The number of Topliss-reactive ketones (excluding diaryl/α,β-unsaturated/α-hetero) is 1. The normalized spacial score (nSPS) is 14.7. The molecule has 3 aromatic rings. The summed E-state index contributed by atoms with van der Waals surface area (Å²) in [6, 6.07) is 16.0. The van der Waals surface area contributed by atoms with Gasteiger partial charge in [-0.05, 0) is 35.7 Å². The van der Waals surface area contributed by atoms with Crippen LogP contribution in [0.3, 0.4) is 0 Å². The molecule has 0 radical (unpaired) electrons. The Bertz CT molecular complexity index is 975. The van der Waals surface area contributed by atoms with E-state index in [1.807, 2.05) is 61.7 Å². The molecule has 2 aromatic carbocycles. The number of ketones is 1. The van der Waals surface area contributed by atoms with Crippen LogP contribution in [0.25, 0.3) is 5.69 Å². The molecule has 0 atom stereocenters. The molecule has 0 amide bonds. The van der Waals surface area contributed by atoms with Crippen LogP contribution in [0.15, 0.2) is 54.7 Å². The predicted molar refractivity (Wildman–Crippen MR) is 116 cm³/mol. The largest absolute Gasteiger partial charge is 0.379 e. The van der Waals surface area contributed by atoms with Crippen LogP contribution >= 0.6 is 0 Å². The number of carbonyl (C=O) groups is 1. The van der Waals surface area contributed by atoms with Gasteiger partial charge in [0.2, 0.25) is 0 Å². The fourth-order valence-corrected chi connectivity index (χ4v) is 3.71. The number of morpholine rings is 1. The molecule has 6 nitrogen and oxygen atoms in total. The third kappa shape index (κ3) is 5.40. The Morgan fingerprint density at radius 1 is 1.03 bits per heavy atom. The summed E-state index contributed by atoms with van der Waals surface area (Å²) in [6.07, 6.45) is 3.78. The van der Waals surface area contributed by atoms with Gasteiger partial charge in [0, 0.05) is 38.9 Å². The quantitative estimate of drug-likeness (QED) is 0.578. The minimum absolute atomic E-state index is 0.225. The number of hydrogen-bond donors (Lipinski definition) is 0. The van der Waals surface area contributed by atoms with Crippen LogP contribution in [0.2, 0.25) is 0 Å². The van der Waals surface area contributed by atoms with Crippen LogP contribution in [-0.4, -0.2) is 58.5 Å². The standard InChI is InChI=1S/C24H28N4O2/c1-19-4-2-3-5-21(19)17-24(29)16-20-6-8-23(9-7-20)28-18-22(25-26-28)10-11-27-12-14-30-15-13-27/h2-9,18H,10-17H2,1H3. The number of hydrogen-bond acceptors (Lipinski definition) is 5. The van der Waals surface area contributed by atoms with Crippen molar-refractivity contribution in [2.75, 3.05) is 32.8 Å². The molecule has 6 heteroatoms. The second kappa shape index (κ2) is 9.78. The lowest BCUT2D eigenvalue weighted by molar-refractivity contribution is -0.117. The summed E-state index contributed by atoms with van der Waals surface area (Å²) in [5, 5.41) is 8.57. The Hall–Kier alpha value is -2.83.